The van der Waals surface area contributed by atoms with E-state index in [-0.39, 0.29) is 25.0 Å². The molecule has 2 amide bonds. The van der Waals surface area contributed by atoms with Crippen molar-refractivity contribution in [1.82, 2.24) is 15.0 Å². The number of benzene rings is 5. The molecule has 0 aliphatic carbocycles. The van der Waals surface area contributed by atoms with Crippen LogP contribution in [0.3, 0.4) is 0 Å². The Hall–Kier alpha value is -5.42. The number of aryl methyl sites for hydroxylation is 1. The third-order valence-corrected chi connectivity index (χ3v) is 10.7. The molecule has 1 unspecified atom stereocenters. The predicted molar refractivity (Wildman–Crippen MR) is 204 cm³/mol. The van der Waals surface area contributed by atoms with E-state index < -0.39 is 17.4 Å². The quantitative estimate of drug-likeness (QED) is 0.132. The molecule has 1 aromatic heterocycles. The minimum atomic E-state index is -1.79. The second-order valence-electron chi connectivity index (χ2n) is 13.4. The van der Waals surface area contributed by atoms with Gasteiger partial charge in [-0.15, -0.1) is 5.10 Å². The van der Waals surface area contributed by atoms with E-state index in [9.17, 15) is 19.8 Å². The minimum absolute atomic E-state index is 0.0729. The maximum absolute atomic E-state index is 14.3. The molecule has 5 aromatic carbocycles. The van der Waals surface area contributed by atoms with E-state index in [2.05, 4.69) is 26.2 Å². The average Bonchev–Trinajstić information content (AvgIpc) is 3.81. The summed E-state index contributed by atoms with van der Waals surface area (Å²) < 4.78 is 2.50. The average molecular weight is 755 g/mol. The Morgan fingerprint density at radius 2 is 1.69 bits per heavy atom. The van der Waals surface area contributed by atoms with Crippen LogP contribution in [0.1, 0.15) is 52.0 Å². The molecule has 260 valence electrons. The van der Waals surface area contributed by atoms with Gasteiger partial charge in [0.05, 0.1) is 41.7 Å². The van der Waals surface area contributed by atoms with E-state index in [1.807, 2.05) is 134 Å². The van der Waals surface area contributed by atoms with Crippen molar-refractivity contribution in [3.63, 3.8) is 0 Å². The molecule has 9 nitrogen and oxygen atoms in total. The first-order chi connectivity index (χ1) is 25.3. The molecule has 2 aliphatic heterocycles. The van der Waals surface area contributed by atoms with Crippen LogP contribution in [0.25, 0.3) is 10.8 Å². The summed E-state index contributed by atoms with van der Waals surface area (Å²) in [5, 5.41) is 32.8. The monoisotopic (exact) mass is 753 g/mol. The summed E-state index contributed by atoms with van der Waals surface area (Å²) in [4.78, 5) is 31.3. The number of hydrogen-bond acceptors (Lipinski definition) is 6. The topological polar surface area (TPSA) is 112 Å². The smallest absolute Gasteiger partial charge is 0.264 e. The zero-order valence-corrected chi connectivity index (χ0v) is 30.0. The molecule has 8 rings (SSSR count). The van der Waals surface area contributed by atoms with Crippen molar-refractivity contribution in [3.8, 4) is 0 Å². The SMILES string of the molecule is C[C@@H](/C=C/CCn1cc(C(CO)c2ccccc2)nn1)[C@]1(O)C(=O)N(Cc2cccc(N3C(=O)c4cccc5cccc3c45)c2)c2ccc(Br)cc21. The summed E-state index contributed by atoms with van der Waals surface area (Å²) >= 11 is 3.54. The number of hydrogen-bond donors (Lipinski definition) is 2. The van der Waals surface area contributed by atoms with E-state index in [0.29, 0.717) is 41.2 Å². The van der Waals surface area contributed by atoms with Crippen LogP contribution in [0.15, 0.2) is 132 Å². The lowest BCUT2D eigenvalue weighted by atomic mass is 9.83. The molecule has 2 N–H and O–H groups in total. The Morgan fingerprint density at radius 3 is 2.50 bits per heavy atom. The van der Waals surface area contributed by atoms with Gasteiger partial charge in [0.1, 0.15) is 0 Å². The number of aliphatic hydroxyl groups excluding tert-OH is 1. The number of allylic oxidation sites excluding steroid dienone is 1. The Labute approximate surface area is 309 Å². The van der Waals surface area contributed by atoms with Gasteiger partial charge in [0.15, 0.2) is 5.60 Å². The molecule has 0 saturated carbocycles. The fourth-order valence-corrected chi connectivity index (χ4v) is 7.87. The molecule has 52 heavy (non-hydrogen) atoms. The van der Waals surface area contributed by atoms with Crippen LogP contribution < -0.4 is 9.80 Å². The molecule has 10 heteroatoms. The van der Waals surface area contributed by atoms with E-state index >= 15 is 0 Å². The summed E-state index contributed by atoms with van der Waals surface area (Å²) in [7, 11) is 0. The summed E-state index contributed by atoms with van der Waals surface area (Å²) in [5.41, 5.74) is 4.10. The zero-order chi connectivity index (χ0) is 36.0. The number of carbonyl (C=O) groups is 2. The van der Waals surface area contributed by atoms with Crippen LogP contribution in [0.5, 0.6) is 0 Å². The number of nitrogens with zero attached hydrogens (tertiary/aromatic N) is 5. The molecule has 6 aromatic rings. The van der Waals surface area contributed by atoms with Crippen LogP contribution >= 0.6 is 15.9 Å². The van der Waals surface area contributed by atoms with E-state index in [0.717, 1.165) is 32.1 Å². The highest BCUT2D eigenvalue weighted by molar-refractivity contribution is 9.10. The van der Waals surface area contributed by atoms with E-state index in [4.69, 9.17) is 0 Å². The molecule has 0 radical (unpaired) electrons. The van der Waals surface area contributed by atoms with Crippen LogP contribution in [0.2, 0.25) is 0 Å². The highest BCUT2D eigenvalue weighted by Crippen LogP contribution is 2.47. The van der Waals surface area contributed by atoms with Crippen molar-refractivity contribution in [2.75, 3.05) is 16.4 Å². The number of anilines is 3. The van der Waals surface area contributed by atoms with Gasteiger partial charge < -0.3 is 15.1 Å². The molecule has 0 spiro atoms. The fourth-order valence-electron chi connectivity index (χ4n) is 7.51. The van der Waals surface area contributed by atoms with Gasteiger partial charge in [-0.25, -0.2) is 0 Å². The largest absolute Gasteiger partial charge is 0.395 e. The second kappa shape index (κ2) is 13.6. The highest BCUT2D eigenvalue weighted by atomic mass is 79.9. The first kappa shape index (κ1) is 33.7. The third kappa shape index (κ3) is 5.73. The summed E-state index contributed by atoms with van der Waals surface area (Å²) in [6.07, 6.45) is 6.27. The summed E-state index contributed by atoms with van der Waals surface area (Å²) in [6.45, 7) is 2.53. The van der Waals surface area contributed by atoms with E-state index in [1.165, 1.54) is 0 Å². The Balaban J connectivity index is 0.998. The predicted octanol–water partition coefficient (Wildman–Crippen LogP) is 7.63. The van der Waals surface area contributed by atoms with Gasteiger partial charge in [0.2, 0.25) is 0 Å². The Kier molecular flexibility index (Phi) is 8.82. The van der Waals surface area contributed by atoms with Gasteiger partial charge in [-0.3, -0.25) is 19.2 Å². The van der Waals surface area contributed by atoms with Crippen molar-refractivity contribution in [3.05, 3.63) is 160 Å². The molecular weight excluding hydrogens is 718 g/mol. The minimum Gasteiger partial charge on any atom is -0.395 e. The van der Waals surface area contributed by atoms with Gasteiger partial charge >= 0.3 is 0 Å². The van der Waals surface area contributed by atoms with Crippen LogP contribution in [0, 0.1) is 5.92 Å². The number of amides is 2. The zero-order valence-electron chi connectivity index (χ0n) is 28.4. The lowest BCUT2D eigenvalue weighted by Crippen LogP contribution is -2.44. The molecule has 2 aliphatic rings. The maximum Gasteiger partial charge on any atom is 0.264 e. The third-order valence-electron chi connectivity index (χ3n) is 10.2. The lowest BCUT2D eigenvalue weighted by Gasteiger charge is -2.28. The van der Waals surface area contributed by atoms with Gasteiger partial charge in [-0.2, -0.15) is 0 Å². The molecular formula is C42H36BrN5O4. The van der Waals surface area contributed by atoms with Gasteiger partial charge in [-0.1, -0.05) is 107 Å². The van der Waals surface area contributed by atoms with Crippen molar-refractivity contribution < 1.29 is 19.8 Å². The van der Waals surface area contributed by atoms with Crippen molar-refractivity contribution in [2.24, 2.45) is 5.92 Å². The summed E-state index contributed by atoms with van der Waals surface area (Å²) in [6, 6.07) is 34.6. The summed E-state index contributed by atoms with van der Waals surface area (Å²) in [5.74, 6) is -1.30. The maximum atomic E-state index is 14.3. The molecule has 3 atom stereocenters. The highest BCUT2D eigenvalue weighted by Gasteiger charge is 2.52. The van der Waals surface area contributed by atoms with Crippen LogP contribution in [0.4, 0.5) is 17.1 Å². The Morgan fingerprint density at radius 1 is 0.904 bits per heavy atom. The van der Waals surface area contributed by atoms with Crippen molar-refractivity contribution in [2.45, 2.75) is 38.0 Å². The fraction of sp³-hybridized carbons (Fsp3) is 0.190. The number of carbonyl (C=O) groups excluding carboxylic acids is 2. The van der Waals surface area contributed by atoms with Gasteiger partial charge in [0.25, 0.3) is 11.8 Å². The Bertz CT molecular complexity index is 2350. The van der Waals surface area contributed by atoms with E-state index in [1.54, 1.807) is 14.5 Å². The van der Waals surface area contributed by atoms with Crippen LogP contribution in [-0.2, 0) is 23.5 Å². The van der Waals surface area contributed by atoms with Gasteiger partial charge in [-0.05, 0) is 65.4 Å². The lowest BCUT2D eigenvalue weighted by molar-refractivity contribution is -0.139. The number of aromatic nitrogens is 3. The molecule has 3 heterocycles. The van der Waals surface area contributed by atoms with Crippen molar-refractivity contribution >= 4 is 55.6 Å². The van der Waals surface area contributed by atoms with Crippen LogP contribution in [-0.4, -0.2) is 43.6 Å². The molecule has 0 bridgehead atoms. The standard InChI is InChI=1S/C42H36BrN5O4/c1-27(10-5-6-21-46-25-36(44-45-46)34(26-49)29-12-3-2-4-13-29)42(52)35-23-31(43)19-20-37(35)47(41(42)51)24-28-11-7-16-32(22-28)48-38-18-9-15-30-14-8-17-33(39(30)38)40(48)50/h2-5,7-20,22-23,25,27,34,49,52H,6,21,24,26H2,1H3/b10-5+/t27-,34?,42+/m0/s1. The number of fused-ring (bicyclic) bond motifs is 1. The number of rotatable bonds is 11. The van der Waals surface area contributed by atoms with Crippen molar-refractivity contribution in [1.29, 1.82) is 0 Å². The first-order valence-electron chi connectivity index (χ1n) is 17.3. The molecule has 0 saturated heterocycles. The normalized spacial score (nSPS) is 17.8. The second-order valence-corrected chi connectivity index (χ2v) is 14.3. The first-order valence-corrected chi connectivity index (χ1v) is 18.1. The number of aliphatic hydroxyl groups is 2. The number of halogens is 1. The van der Waals surface area contributed by atoms with Gasteiger partial charge in [0, 0.05) is 39.8 Å². The molecule has 0 fully saturated rings.